The minimum Gasteiger partial charge on any atom is -0.493 e. The molecule has 0 radical (unpaired) electrons. The highest BCUT2D eigenvalue weighted by Gasteiger charge is 2.40. The van der Waals surface area contributed by atoms with Crippen molar-refractivity contribution in [3.05, 3.63) is 35.5 Å². The smallest absolute Gasteiger partial charge is 0.277 e. The van der Waals surface area contributed by atoms with Crippen LogP contribution in [0.3, 0.4) is 0 Å². The van der Waals surface area contributed by atoms with Crippen molar-refractivity contribution in [2.45, 2.75) is 33.6 Å². The molecule has 0 spiro atoms. The first-order valence-corrected chi connectivity index (χ1v) is 9.56. The monoisotopic (exact) mass is 374 g/mol. The third-order valence-electron chi connectivity index (χ3n) is 4.42. The van der Waals surface area contributed by atoms with Gasteiger partial charge in [-0.05, 0) is 30.0 Å². The Morgan fingerprint density at radius 2 is 1.81 bits per heavy atom. The van der Waals surface area contributed by atoms with Gasteiger partial charge in [-0.15, -0.1) is 0 Å². The van der Waals surface area contributed by atoms with Crippen LogP contribution in [0.4, 0.5) is 0 Å². The van der Waals surface area contributed by atoms with Gasteiger partial charge < -0.3 is 14.7 Å². The van der Waals surface area contributed by atoms with Crippen LogP contribution in [-0.4, -0.2) is 60.1 Å². The van der Waals surface area contributed by atoms with Crippen molar-refractivity contribution in [1.29, 1.82) is 0 Å². The highest BCUT2D eigenvalue weighted by atomic mass is 16.5. The first-order chi connectivity index (χ1) is 12.9. The minimum absolute atomic E-state index is 0.0916. The van der Waals surface area contributed by atoms with Gasteiger partial charge in [-0.3, -0.25) is 14.5 Å². The molecule has 148 valence electrons. The lowest BCUT2D eigenvalue weighted by atomic mass is 10.0. The van der Waals surface area contributed by atoms with Gasteiger partial charge in [-0.2, -0.15) is 0 Å². The summed E-state index contributed by atoms with van der Waals surface area (Å²) in [5.74, 6) is 0.592. The number of nitrogens with zero attached hydrogens (tertiary/aromatic N) is 2. The van der Waals surface area contributed by atoms with Gasteiger partial charge in [-0.1, -0.05) is 39.3 Å². The summed E-state index contributed by atoms with van der Waals surface area (Å²) in [7, 11) is 1.72. The normalized spacial score (nSPS) is 14.5. The number of carbonyl (C=O) groups excluding carboxylic acids is 2. The number of imide groups is 1. The van der Waals surface area contributed by atoms with Gasteiger partial charge in [-0.25, -0.2) is 0 Å². The van der Waals surface area contributed by atoms with Crippen LogP contribution < -0.4 is 4.74 Å². The molecule has 0 fully saturated rings. The van der Waals surface area contributed by atoms with E-state index in [2.05, 4.69) is 13.8 Å². The minimum atomic E-state index is -0.292. The zero-order valence-corrected chi connectivity index (χ0v) is 16.7. The number of likely N-dealkylation sites (N-methyl/N-ethyl adjacent to an activating group) is 1. The fourth-order valence-electron chi connectivity index (χ4n) is 2.94. The Hall–Kier alpha value is -2.34. The molecular weight excluding hydrogens is 344 g/mol. The number of carbonyl (C=O) groups is 2. The van der Waals surface area contributed by atoms with E-state index in [1.807, 2.05) is 31.2 Å². The second kappa shape index (κ2) is 9.55. The molecule has 0 unspecified atom stereocenters. The number of aliphatic hydroxyl groups is 1. The van der Waals surface area contributed by atoms with E-state index < -0.39 is 0 Å². The Labute approximate surface area is 161 Å². The lowest BCUT2D eigenvalue weighted by molar-refractivity contribution is -0.137. The maximum Gasteiger partial charge on any atom is 0.277 e. The summed E-state index contributed by atoms with van der Waals surface area (Å²) in [5.41, 5.74) is 1.42. The molecule has 0 saturated carbocycles. The number of hydrogen-bond donors (Lipinski definition) is 1. The maximum absolute atomic E-state index is 13.0. The molecule has 2 rings (SSSR count). The number of aliphatic hydroxyl groups excluding tert-OH is 1. The zero-order chi connectivity index (χ0) is 20.0. The van der Waals surface area contributed by atoms with Crippen LogP contribution in [0.5, 0.6) is 5.75 Å². The van der Waals surface area contributed by atoms with E-state index in [9.17, 15) is 14.7 Å². The summed E-state index contributed by atoms with van der Waals surface area (Å²) < 4.78 is 5.70. The largest absolute Gasteiger partial charge is 0.493 e. The number of amides is 2. The van der Waals surface area contributed by atoms with Crippen LogP contribution in [0.25, 0.3) is 5.57 Å². The predicted octanol–water partition coefficient (Wildman–Crippen LogP) is 2.53. The van der Waals surface area contributed by atoms with E-state index in [1.54, 1.807) is 11.9 Å². The molecule has 0 saturated heterocycles. The van der Waals surface area contributed by atoms with Crippen LogP contribution >= 0.6 is 0 Å². The Morgan fingerprint density at radius 1 is 1.15 bits per heavy atom. The summed E-state index contributed by atoms with van der Waals surface area (Å²) >= 11 is 0. The van der Waals surface area contributed by atoms with E-state index in [1.165, 1.54) is 4.90 Å². The summed E-state index contributed by atoms with van der Waals surface area (Å²) in [4.78, 5) is 28.8. The Balaban J connectivity index is 2.35. The molecule has 27 heavy (non-hydrogen) atoms. The van der Waals surface area contributed by atoms with Gasteiger partial charge in [0.1, 0.15) is 11.4 Å². The summed E-state index contributed by atoms with van der Waals surface area (Å²) in [5, 5.41) is 9.26. The van der Waals surface area contributed by atoms with E-state index in [-0.39, 0.29) is 25.0 Å². The Bertz CT molecular complexity index is 695. The average molecular weight is 374 g/mol. The van der Waals surface area contributed by atoms with Crippen molar-refractivity contribution < 1.29 is 19.4 Å². The molecule has 1 aliphatic heterocycles. The van der Waals surface area contributed by atoms with Crippen LogP contribution in [0.1, 0.15) is 39.2 Å². The number of unbranched alkanes of at least 4 members (excludes halogenated alkanes) is 1. The maximum atomic E-state index is 13.0. The van der Waals surface area contributed by atoms with Gasteiger partial charge in [0.25, 0.3) is 11.8 Å². The van der Waals surface area contributed by atoms with Crippen LogP contribution in [0.15, 0.2) is 30.0 Å². The molecule has 1 heterocycles. The van der Waals surface area contributed by atoms with E-state index in [0.29, 0.717) is 35.9 Å². The number of benzene rings is 1. The Kier molecular flexibility index (Phi) is 7.42. The van der Waals surface area contributed by atoms with Crippen molar-refractivity contribution in [2.24, 2.45) is 5.92 Å². The number of rotatable bonds is 10. The Morgan fingerprint density at radius 3 is 2.37 bits per heavy atom. The van der Waals surface area contributed by atoms with Crippen LogP contribution in [-0.2, 0) is 9.59 Å². The van der Waals surface area contributed by atoms with Crippen molar-refractivity contribution in [3.63, 3.8) is 0 Å². The zero-order valence-electron chi connectivity index (χ0n) is 16.7. The lowest BCUT2D eigenvalue weighted by Gasteiger charge is -2.20. The summed E-state index contributed by atoms with van der Waals surface area (Å²) in [6, 6.07) is 7.26. The highest BCUT2D eigenvalue weighted by Crippen LogP contribution is 2.32. The van der Waals surface area contributed by atoms with Gasteiger partial charge in [0.2, 0.25) is 0 Å². The number of hydrogen-bond acceptors (Lipinski definition) is 5. The third kappa shape index (κ3) is 4.89. The molecule has 6 heteroatoms. The van der Waals surface area contributed by atoms with Gasteiger partial charge >= 0.3 is 0 Å². The molecule has 0 bridgehead atoms. The SMILES string of the molecule is CCCCN1C(=O)C(c2ccc(OCC(C)C)cc2)=C(N(C)CCO)C1=O. The topological polar surface area (TPSA) is 70.1 Å². The van der Waals surface area contributed by atoms with Crippen molar-refractivity contribution in [3.8, 4) is 5.75 Å². The van der Waals surface area contributed by atoms with E-state index in [4.69, 9.17) is 4.74 Å². The van der Waals surface area contributed by atoms with Crippen molar-refractivity contribution >= 4 is 17.4 Å². The first-order valence-electron chi connectivity index (χ1n) is 9.56. The quantitative estimate of drug-likeness (QED) is 0.637. The third-order valence-corrected chi connectivity index (χ3v) is 4.42. The molecule has 0 aliphatic carbocycles. The average Bonchev–Trinajstić information content (AvgIpc) is 2.89. The molecule has 6 nitrogen and oxygen atoms in total. The lowest BCUT2D eigenvalue weighted by Crippen LogP contribution is -2.35. The number of ether oxygens (including phenoxy) is 1. The highest BCUT2D eigenvalue weighted by molar-refractivity contribution is 6.35. The van der Waals surface area contributed by atoms with Crippen molar-refractivity contribution in [2.75, 3.05) is 33.4 Å². The van der Waals surface area contributed by atoms with Gasteiger partial charge in [0.05, 0.1) is 18.8 Å². The van der Waals surface area contributed by atoms with Gasteiger partial charge in [0.15, 0.2) is 0 Å². The predicted molar refractivity (Wildman–Crippen MR) is 105 cm³/mol. The molecule has 1 aromatic rings. The summed E-state index contributed by atoms with van der Waals surface area (Å²) in [6.45, 7) is 7.40. The van der Waals surface area contributed by atoms with Crippen molar-refractivity contribution in [1.82, 2.24) is 9.80 Å². The molecule has 1 aliphatic rings. The molecule has 1 aromatic carbocycles. The standard InChI is InChI=1S/C21H30N2O4/c1-5-6-11-23-20(25)18(19(21(23)26)22(4)12-13-24)16-7-9-17(10-8-16)27-14-15(2)3/h7-10,15,24H,5-6,11-14H2,1-4H3. The van der Waals surface area contributed by atoms with E-state index in [0.717, 1.165) is 18.6 Å². The molecule has 1 N–H and O–H groups in total. The second-order valence-electron chi connectivity index (χ2n) is 7.21. The second-order valence-corrected chi connectivity index (χ2v) is 7.21. The fraction of sp³-hybridized carbons (Fsp3) is 0.524. The molecular formula is C21H30N2O4. The fourth-order valence-corrected chi connectivity index (χ4v) is 2.94. The van der Waals surface area contributed by atoms with Crippen LogP contribution in [0, 0.1) is 5.92 Å². The molecule has 0 aromatic heterocycles. The molecule has 2 amide bonds. The van der Waals surface area contributed by atoms with E-state index >= 15 is 0 Å². The summed E-state index contributed by atoms with van der Waals surface area (Å²) in [6.07, 6.45) is 1.67. The van der Waals surface area contributed by atoms with Gasteiger partial charge in [0, 0.05) is 20.1 Å². The molecule has 0 atom stereocenters. The first kappa shape index (κ1) is 21.0. The van der Waals surface area contributed by atoms with Crippen LogP contribution in [0.2, 0.25) is 0 Å².